The van der Waals surface area contributed by atoms with E-state index in [9.17, 15) is 8.42 Å². The minimum atomic E-state index is -3.50. The molecule has 4 N–H and O–H groups in total. The van der Waals surface area contributed by atoms with Crippen molar-refractivity contribution in [1.29, 1.82) is 0 Å². The number of benzene rings is 1. The highest BCUT2D eigenvalue weighted by Gasteiger charge is 2.17. The van der Waals surface area contributed by atoms with Crippen molar-refractivity contribution in [1.82, 2.24) is 20.5 Å². The summed E-state index contributed by atoms with van der Waals surface area (Å²) >= 11 is 10.3. The van der Waals surface area contributed by atoms with E-state index in [1.165, 1.54) is 26.2 Å². The summed E-state index contributed by atoms with van der Waals surface area (Å²) in [4.78, 5) is 0.184. The van der Waals surface area contributed by atoms with E-state index >= 15 is 0 Å². The van der Waals surface area contributed by atoms with Gasteiger partial charge in [0.2, 0.25) is 10.0 Å². The topological polar surface area (TPSA) is 85.5 Å². The molecule has 25 heavy (non-hydrogen) atoms. The monoisotopic (exact) mass is 403 g/mol. The van der Waals surface area contributed by atoms with Gasteiger partial charge in [-0.05, 0) is 55.0 Å². The van der Waals surface area contributed by atoms with Crippen LogP contribution in [-0.2, 0) is 10.0 Å². The van der Waals surface area contributed by atoms with E-state index in [0.29, 0.717) is 16.7 Å². The lowest BCUT2D eigenvalue weighted by molar-refractivity contribution is 0.521. The van der Waals surface area contributed by atoms with Crippen LogP contribution in [0.2, 0.25) is 0 Å². The van der Waals surface area contributed by atoms with Crippen LogP contribution in [0.25, 0.3) is 0 Å². The number of hydrogen-bond acceptors (Lipinski definition) is 4. The summed E-state index contributed by atoms with van der Waals surface area (Å²) < 4.78 is 25.4. The first-order valence-electron chi connectivity index (χ1n) is 7.76. The molecule has 7 nitrogen and oxygen atoms in total. The van der Waals surface area contributed by atoms with Crippen LogP contribution >= 0.6 is 24.4 Å². The fourth-order valence-electron chi connectivity index (χ4n) is 1.74. The molecule has 0 aliphatic carbocycles. The first kappa shape index (κ1) is 21.6. The highest BCUT2D eigenvalue weighted by molar-refractivity contribution is 7.89. The number of nitrogens with zero attached hydrogens (tertiary/aromatic N) is 1. The van der Waals surface area contributed by atoms with Crippen LogP contribution in [0.15, 0.2) is 29.2 Å². The van der Waals surface area contributed by atoms with Gasteiger partial charge in [-0.15, -0.1) is 0 Å². The Morgan fingerprint density at radius 3 is 2.40 bits per heavy atom. The zero-order valence-corrected chi connectivity index (χ0v) is 17.2. The third kappa shape index (κ3) is 7.51. The third-order valence-electron chi connectivity index (χ3n) is 3.17. The van der Waals surface area contributed by atoms with E-state index in [1.807, 2.05) is 0 Å². The average Bonchev–Trinajstić information content (AvgIpc) is 2.52. The number of anilines is 1. The molecule has 0 saturated carbocycles. The molecule has 0 unspecified atom stereocenters. The van der Waals surface area contributed by atoms with E-state index in [2.05, 4.69) is 35.3 Å². The molecule has 0 aliphatic heterocycles. The summed E-state index contributed by atoms with van der Waals surface area (Å²) in [5, 5.41) is 6.68. The van der Waals surface area contributed by atoms with Crippen molar-refractivity contribution in [2.24, 2.45) is 5.92 Å². The number of nitrogens with one attached hydrogen (secondary N) is 4. The van der Waals surface area contributed by atoms with E-state index in [0.717, 1.165) is 17.3 Å². The number of sulfonamides is 1. The van der Waals surface area contributed by atoms with Crippen molar-refractivity contribution in [2.75, 3.05) is 26.0 Å². The summed E-state index contributed by atoms with van der Waals surface area (Å²) in [6, 6.07) is 6.42. The van der Waals surface area contributed by atoms with Gasteiger partial charge in [-0.3, -0.25) is 10.9 Å². The van der Waals surface area contributed by atoms with Crippen molar-refractivity contribution in [2.45, 2.75) is 25.2 Å². The maximum atomic E-state index is 12.1. The SMILES string of the molecule is CC(C)CCNC(=S)NNC(=S)Nc1cccc(S(=O)(=O)N(C)C)c1. The summed E-state index contributed by atoms with van der Waals surface area (Å²) in [6.07, 6.45) is 1.01. The number of rotatable bonds is 6. The lowest BCUT2D eigenvalue weighted by atomic mass is 10.1. The summed E-state index contributed by atoms with van der Waals surface area (Å²) in [5.74, 6) is 0.594. The van der Waals surface area contributed by atoms with Crippen molar-refractivity contribution < 1.29 is 8.42 Å². The fourth-order valence-corrected chi connectivity index (χ4v) is 3.01. The van der Waals surface area contributed by atoms with Gasteiger partial charge >= 0.3 is 0 Å². The number of hydrogen-bond donors (Lipinski definition) is 4. The summed E-state index contributed by atoms with van der Waals surface area (Å²) in [5.41, 5.74) is 6.09. The molecule has 1 aromatic rings. The van der Waals surface area contributed by atoms with E-state index in [-0.39, 0.29) is 10.0 Å². The molecule has 1 aromatic carbocycles. The molecule has 0 bridgehead atoms. The van der Waals surface area contributed by atoms with E-state index < -0.39 is 10.0 Å². The standard InChI is InChI=1S/C15H25N5O2S3/c1-11(2)8-9-16-14(23)18-19-15(24)17-12-6-5-7-13(10-12)25(21,22)20(3)4/h5-7,10-11H,8-9H2,1-4H3,(H2,16,18,23)(H2,17,19,24). The lowest BCUT2D eigenvalue weighted by Crippen LogP contribution is -2.48. The molecule has 0 spiro atoms. The second kappa shape index (κ2) is 9.85. The minimum absolute atomic E-state index is 0.184. The van der Waals surface area contributed by atoms with Crippen LogP contribution < -0.4 is 21.5 Å². The van der Waals surface area contributed by atoms with Gasteiger partial charge < -0.3 is 10.6 Å². The first-order chi connectivity index (χ1) is 11.6. The molecule has 0 aliphatic rings. The van der Waals surface area contributed by atoms with Gasteiger partial charge in [0.05, 0.1) is 4.90 Å². The predicted octanol–water partition coefficient (Wildman–Crippen LogP) is 1.65. The van der Waals surface area contributed by atoms with Crippen molar-refractivity contribution in [3.8, 4) is 0 Å². The Hall–Kier alpha value is -1.49. The van der Waals surface area contributed by atoms with Gasteiger partial charge in [-0.1, -0.05) is 19.9 Å². The Labute approximate surface area is 160 Å². The van der Waals surface area contributed by atoms with Crippen molar-refractivity contribution in [3.63, 3.8) is 0 Å². The zero-order valence-electron chi connectivity index (χ0n) is 14.8. The number of thiocarbonyl (C=S) groups is 2. The second-order valence-corrected chi connectivity index (χ2v) is 8.93. The Balaban J connectivity index is 2.54. The molecule has 0 radical (unpaired) electrons. The molecule has 1 rings (SSSR count). The Kier molecular flexibility index (Phi) is 8.50. The van der Waals surface area contributed by atoms with Crippen LogP contribution in [0.1, 0.15) is 20.3 Å². The van der Waals surface area contributed by atoms with Gasteiger partial charge in [0.1, 0.15) is 0 Å². The smallest absolute Gasteiger partial charge is 0.242 e. The fraction of sp³-hybridized carbons (Fsp3) is 0.467. The maximum absolute atomic E-state index is 12.1. The van der Waals surface area contributed by atoms with E-state index in [1.54, 1.807) is 12.1 Å². The van der Waals surface area contributed by atoms with Gasteiger partial charge in [0.25, 0.3) is 0 Å². The van der Waals surface area contributed by atoms with E-state index in [4.69, 9.17) is 24.4 Å². The molecular formula is C15H25N5O2S3. The molecule has 0 saturated heterocycles. The Morgan fingerprint density at radius 1 is 1.16 bits per heavy atom. The zero-order chi connectivity index (χ0) is 19.0. The highest BCUT2D eigenvalue weighted by atomic mass is 32.2. The third-order valence-corrected chi connectivity index (χ3v) is 5.43. The van der Waals surface area contributed by atoms with Crippen LogP contribution in [-0.4, -0.2) is 43.6 Å². The first-order valence-corrected chi connectivity index (χ1v) is 10.0. The van der Waals surface area contributed by atoms with Crippen molar-refractivity contribution in [3.05, 3.63) is 24.3 Å². The molecule has 10 heteroatoms. The molecule has 0 aromatic heterocycles. The largest absolute Gasteiger partial charge is 0.361 e. The van der Waals surface area contributed by atoms with Crippen LogP contribution in [0.3, 0.4) is 0 Å². The van der Waals surface area contributed by atoms with Crippen molar-refractivity contribution >= 4 is 50.4 Å². The average molecular weight is 404 g/mol. The number of hydrazine groups is 1. The molecule has 140 valence electrons. The molecule has 0 amide bonds. The predicted molar refractivity (Wildman–Crippen MR) is 110 cm³/mol. The summed E-state index contributed by atoms with van der Waals surface area (Å²) in [7, 11) is -0.525. The Bertz CT molecular complexity index is 705. The Morgan fingerprint density at radius 2 is 1.80 bits per heavy atom. The normalized spacial score (nSPS) is 11.3. The molecule has 0 heterocycles. The van der Waals surface area contributed by atoms with Gasteiger partial charge in [0, 0.05) is 26.3 Å². The molecular weight excluding hydrogens is 378 g/mol. The van der Waals surface area contributed by atoms with Crippen LogP contribution in [0, 0.1) is 5.92 Å². The van der Waals surface area contributed by atoms with Gasteiger partial charge in [-0.2, -0.15) is 0 Å². The van der Waals surface area contributed by atoms with Crippen LogP contribution in [0.5, 0.6) is 0 Å². The maximum Gasteiger partial charge on any atom is 0.242 e. The minimum Gasteiger partial charge on any atom is -0.361 e. The lowest BCUT2D eigenvalue weighted by Gasteiger charge is -2.16. The highest BCUT2D eigenvalue weighted by Crippen LogP contribution is 2.17. The molecule has 0 fully saturated rings. The van der Waals surface area contributed by atoms with Gasteiger partial charge in [0.15, 0.2) is 10.2 Å². The quantitative estimate of drug-likeness (QED) is 0.421. The molecule has 0 atom stereocenters. The summed E-state index contributed by atoms with van der Waals surface area (Å²) in [6.45, 7) is 5.05. The second-order valence-electron chi connectivity index (χ2n) is 5.96. The van der Waals surface area contributed by atoms with Crippen LogP contribution in [0.4, 0.5) is 5.69 Å². The van der Waals surface area contributed by atoms with Gasteiger partial charge in [-0.25, -0.2) is 12.7 Å².